The predicted octanol–water partition coefficient (Wildman–Crippen LogP) is 6.71. The van der Waals surface area contributed by atoms with Crippen molar-refractivity contribution in [3.8, 4) is 0 Å². The number of rotatable bonds is 0. The van der Waals surface area contributed by atoms with Gasteiger partial charge < -0.3 is 4.74 Å². The van der Waals surface area contributed by atoms with Crippen LogP contribution in [0, 0.1) is 28.6 Å². The minimum Gasteiger partial charge on any atom is -0.377 e. The summed E-state index contributed by atoms with van der Waals surface area (Å²) in [5.41, 5.74) is 0.714. The van der Waals surface area contributed by atoms with Gasteiger partial charge in [0.2, 0.25) is 0 Å². The Balaban J connectivity index is 0.000000255. The molecular weight excluding hydrogens is 268 g/mol. The van der Waals surface area contributed by atoms with Crippen LogP contribution in [0.25, 0.3) is 0 Å². The van der Waals surface area contributed by atoms with E-state index in [0.717, 1.165) is 24.4 Å². The molecule has 2 fully saturated rings. The Morgan fingerprint density at radius 1 is 0.636 bits per heavy atom. The third-order valence-corrected chi connectivity index (χ3v) is 5.77. The highest BCUT2D eigenvalue weighted by molar-refractivity contribution is 4.83. The third kappa shape index (κ3) is 7.02. The Morgan fingerprint density at radius 2 is 1.09 bits per heavy atom. The van der Waals surface area contributed by atoms with E-state index in [4.69, 9.17) is 4.74 Å². The van der Waals surface area contributed by atoms with Gasteiger partial charge in [-0.15, -0.1) is 0 Å². The van der Waals surface area contributed by atoms with E-state index in [0.29, 0.717) is 16.9 Å². The van der Waals surface area contributed by atoms with Crippen molar-refractivity contribution in [3.63, 3.8) is 0 Å². The van der Waals surface area contributed by atoms with Gasteiger partial charge in [-0.05, 0) is 41.4 Å². The van der Waals surface area contributed by atoms with Gasteiger partial charge in [-0.3, -0.25) is 0 Å². The standard InChI is InChI=1S/C13H26O.C8H16/c1-12(2,3)10-7-8-11(14-9-10)13(4,5)6;1-7-3-5-8(2)6-4-7/h10-11H,7-9H2,1-6H3;7-8H,3-6H2,1-2H3. The Hall–Kier alpha value is -0.0400. The van der Waals surface area contributed by atoms with Crippen LogP contribution >= 0.6 is 0 Å². The van der Waals surface area contributed by atoms with E-state index in [1.165, 1.54) is 38.5 Å². The van der Waals surface area contributed by atoms with Crippen molar-refractivity contribution >= 4 is 0 Å². The second kappa shape index (κ2) is 8.18. The van der Waals surface area contributed by atoms with Crippen LogP contribution in [0.2, 0.25) is 0 Å². The highest BCUT2D eigenvalue weighted by atomic mass is 16.5. The first kappa shape index (κ1) is 20.0. The molecule has 22 heavy (non-hydrogen) atoms. The summed E-state index contributed by atoms with van der Waals surface area (Å²) in [6.07, 6.45) is 8.91. The molecule has 1 heterocycles. The molecule has 0 aromatic heterocycles. The summed E-state index contributed by atoms with van der Waals surface area (Å²) < 4.78 is 5.98. The monoisotopic (exact) mass is 310 g/mol. The Morgan fingerprint density at radius 3 is 1.36 bits per heavy atom. The van der Waals surface area contributed by atoms with Crippen LogP contribution in [0.15, 0.2) is 0 Å². The van der Waals surface area contributed by atoms with Gasteiger partial charge in [0.05, 0.1) is 12.7 Å². The van der Waals surface area contributed by atoms with Crippen molar-refractivity contribution in [3.05, 3.63) is 0 Å². The smallest absolute Gasteiger partial charge is 0.0623 e. The van der Waals surface area contributed by atoms with Crippen molar-refractivity contribution in [2.45, 2.75) is 100 Å². The summed E-state index contributed by atoms with van der Waals surface area (Å²) in [4.78, 5) is 0. The molecule has 2 rings (SSSR count). The minimum absolute atomic E-state index is 0.308. The topological polar surface area (TPSA) is 9.23 Å². The van der Waals surface area contributed by atoms with E-state index in [-0.39, 0.29) is 0 Å². The zero-order valence-corrected chi connectivity index (χ0v) is 16.7. The van der Waals surface area contributed by atoms with Crippen LogP contribution < -0.4 is 0 Å². The average molecular weight is 311 g/mol. The molecule has 0 aromatic rings. The lowest BCUT2D eigenvalue weighted by molar-refractivity contribution is -0.0908. The highest BCUT2D eigenvalue weighted by Gasteiger charge is 2.34. The predicted molar refractivity (Wildman–Crippen MR) is 98.2 cm³/mol. The molecule has 0 bridgehead atoms. The Kier molecular flexibility index (Phi) is 7.43. The lowest BCUT2D eigenvalue weighted by atomic mass is 9.74. The SMILES string of the molecule is CC(C)(C)C1CCC(C(C)(C)C)OC1.CC1CCC(C)CC1. The number of hydrogen-bond donors (Lipinski definition) is 0. The van der Waals surface area contributed by atoms with E-state index in [1.54, 1.807) is 0 Å². The highest BCUT2D eigenvalue weighted by Crippen LogP contribution is 2.38. The van der Waals surface area contributed by atoms with Crippen LogP contribution in [0.4, 0.5) is 0 Å². The summed E-state index contributed by atoms with van der Waals surface area (Å²) in [7, 11) is 0. The van der Waals surface area contributed by atoms with Gasteiger partial charge in [-0.1, -0.05) is 81.1 Å². The van der Waals surface area contributed by atoms with Crippen LogP contribution in [-0.4, -0.2) is 12.7 Å². The molecule has 1 nitrogen and oxygen atoms in total. The maximum atomic E-state index is 5.98. The molecule has 2 atom stereocenters. The van der Waals surface area contributed by atoms with Crippen LogP contribution in [0.1, 0.15) is 93.9 Å². The molecule has 1 saturated carbocycles. The summed E-state index contributed by atoms with van der Waals surface area (Å²) in [5, 5.41) is 0. The molecule has 132 valence electrons. The van der Waals surface area contributed by atoms with E-state index in [1.807, 2.05) is 0 Å². The molecule has 1 saturated heterocycles. The van der Waals surface area contributed by atoms with E-state index >= 15 is 0 Å². The van der Waals surface area contributed by atoms with Gasteiger partial charge >= 0.3 is 0 Å². The molecular formula is C21H42O. The van der Waals surface area contributed by atoms with Crippen LogP contribution in [0.5, 0.6) is 0 Å². The Bertz CT molecular complexity index is 259. The molecule has 1 aliphatic carbocycles. The largest absolute Gasteiger partial charge is 0.377 e. The molecule has 0 aromatic carbocycles. The molecule has 0 spiro atoms. The maximum absolute atomic E-state index is 5.98. The van der Waals surface area contributed by atoms with E-state index in [2.05, 4.69) is 55.4 Å². The van der Waals surface area contributed by atoms with Gasteiger partial charge in [0.1, 0.15) is 0 Å². The van der Waals surface area contributed by atoms with Crippen molar-refractivity contribution in [2.75, 3.05) is 6.61 Å². The molecule has 2 unspecified atom stereocenters. The normalized spacial score (nSPS) is 33.8. The van der Waals surface area contributed by atoms with Crippen molar-refractivity contribution in [2.24, 2.45) is 28.6 Å². The van der Waals surface area contributed by atoms with Crippen LogP contribution in [0.3, 0.4) is 0 Å². The lowest BCUT2D eigenvalue weighted by Crippen LogP contribution is -2.39. The number of hydrogen-bond acceptors (Lipinski definition) is 1. The zero-order chi connectivity index (χ0) is 17.0. The molecule has 1 heteroatoms. The van der Waals surface area contributed by atoms with Crippen molar-refractivity contribution in [1.82, 2.24) is 0 Å². The first-order chi connectivity index (χ1) is 10.00. The first-order valence-corrected chi connectivity index (χ1v) is 9.61. The maximum Gasteiger partial charge on any atom is 0.0623 e. The van der Waals surface area contributed by atoms with Gasteiger partial charge in [0.15, 0.2) is 0 Å². The molecule has 2 aliphatic rings. The zero-order valence-electron chi connectivity index (χ0n) is 16.7. The van der Waals surface area contributed by atoms with Gasteiger partial charge in [-0.2, -0.15) is 0 Å². The number of ether oxygens (including phenoxy) is 1. The molecule has 0 amide bonds. The summed E-state index contributed by atoms with van der Waals surface area (Å²) in [6, 6.07) is 0. The Labute approximate surface area is 140 Å². The summed E-state index contributed by atoms with van der Waals surface area (Å²) in [5.74, 6) is 2.78. The fourth-order valence-electron chi connectivity index (χ4n) is 3.54. The van der Waals surface area contributed by atoms with Crippen molar-refractivity contribution in [1.29, 1.82) is 0 Å². The second-order valence-electron chi connectivity index (χ2n) is 10.2. The van der Waals surface area contributed by atoms with Gasteiger partial charge in [0.25, 0.3) is 0 Å². The summed E-state index contributed by atoms with van der Waals surface area (Å²) in [6.45, 7) is 19.5. The van der Waals surface area contributed by atoms with Gasteiger partial charge in [0, 0.05) is 0 Å². The van der Waals surface area contributed by atoms with E-state index < -0.39 is 0 Å². The molecule has 0 N–H and O–H groups in total. The fourth-order valence-corrected chi connectivity index (χ4v) is 3.54. The average Bonchev–Trinajstić information content (AvgIpc) is 2.41. The molecule has 0 radical (unpaired) electrons. The third-order valence-electron chi connectivity index (χ3n) is 5.77. The van der Waals surface area contributed by atoms with Crippen molar-refractivity contribution < 1.29 is 4.74 Å². The second-order valence-corrected chi connectivity index (χ2v) is 10.2. The minimum atomic E-state index is 0.308. The van der Waals surface area contributed by atoms with Gasteiger partial charge in [-0.25, -0.2) is 0 Å². The van der Waals surface area contributed by atoms with E-state index in [9.17, 15) is 0 Å². The van der Waals surface area contributed by atoms with Crippen LogP contribution in [-0.2, 0) is 4.74 Å². The fraction of sp³-hybridized carbons (Fsp3) is 1.00. The summed E-state index contributed by atoms with van der Waals surface area (Å²) >= 11 is 0. The quantitative estimate of drug-likeness (QED) is 0.483. The molecule has 1 aliphatic heterocycles. The first-order valence-electron chi connectivity index (χ1n) is 9.61. The lowest BCUT2D eigenvalue weighted by Gasteiger charge is -2.41.